The summed E-state index contributed by atoms with van der Waals surface area (Å²) < 4.78 is 7.11. The van der Waals surface area contributed by atoms with Crippen LogP contribution in [0.3, 0.4) is 0 Å². The predicted molar refractivity (Wildman–Crippen MR) is 86.7 cm³/mol. The van der Waals surface area contributed by atoms with Crippen LogP contribution in [0.1, 0.15) is 18.9 Å². The van der Waals surface area contributed by atoms with Crippen molar-refractivity contribution in [1.29, 1.82) is 0 Å². The van der Waals surface area contributed by atoms with E-state index in [-0.39, 0.29) is 18.4 Å². The quantitative estimate of drug-likeness (QED) is 0.742. The van der Waals surface area contributed by atoms with Crippen LogP contribution < -0.4 is 4.90 Å². The van der Waals surface area contributed by atoms with Crippen molar-refractivity contribution >= 4 is 17.5 Å². The summed E-state index contributed by atoms with van der Waals surface area (Å²) in [5, 5.41) is 4.43. The number of ether oxygens (including phenoxy) is 1. The van der Waals surface area contributed by atoms with E-state index in [1.54, 1.807) is 6.20 Å². The molecule has 24 heavy (non-hydrogen) atoms. The Balaban J connectivity index is 1.25. The number of aromatic nitrogens is 2. The fraction of sp³-hybridized carbons (Fsp3) is 0.688. The van der Waals surface area contributed by atoms with Crippen LogP contribution in [0.25, 0.3) is 0 Å². The van der Waals surface area contributed by atoms with E-state index in [1.807, 2.05) is 20.7 Å². The molecule has 0 radical (unpaired) electrons. The minimum absolute atomic E-state index is 0.0883. The molecule has 4 rings (SSSR count). The van der Waals surface area contributed by atoms with Gasteiger partial charge in [-0.3, -0.25) is 19.2 Å². The third kappa shape index (κ3) is 3.03. The Morgan fingerprint density at radius 2 is 2.04 bits per heavy atom. The third-order valence-electron chi connectivity index (χ3n) is 5.05. The molecule has 8 heteroatoms. The van der Waals surface area contributed by atoms with Crippen molar-refractivity contribution in [3.05, 3.63) is 12.4 Å². The maximum absolute atomic E-state index is 11.8. The molecule has 8 nitrogen and oxygen atoms in total. The average molecular weight is 333 g/mol. The molecular weight excluding hydrogens is 310 g/mol. The van der Waals surface area contributed by atoms with Crippen molar-refractivity contribution in [2.24, 2.45) is 0 Å². The minimum atomic E-state index is 0.0883. The van der Waals surface area contributed by atoms with Crippen LogP contribution in [-0.4, -0.2) is 83.9 Å². The van der Waals surface area contributed by atoms with E-state index >= 15 is 0 Å². The van der Waals surface area contributed by atoms with Crippen LogP contribution in [0, 0.1) is 0 Å². The Kier molecular flexibility index (Phi) is 4.24. The lowest BCUT2D eigenvalue weighted by Gasteiger charge is -2.40. The number of anilines is 1. The van der Waals surface area contributed by atoms with Gasteiger partial charge in [-0.1, -0.05) is 0 Å². The highest BCUT2D eigenvalue weighted by Crippen LogP contribution is 2.25. The smallest absolute Gasteiger partial charge is 0.248 e. The summed E-state index contributed by atoms with van der Waals surface area (Å²) in [4.78, 5) is 29.5. The van der Waals surface area contributed by atoms with Gasteiger partial charge in [-0.15, -0.1) is 0 Å². The maximum Gasteiger partial charge on any atom is 0.248 e. The van der Waals surface area contributed by atoms with Crippen LogP contribution in [0.5, 0.6) is 0 Å². The van der Waals surface area contributed by atoms with Crippen LogP contribution in [-0.2, 0) is 14.3 Å². The number of hydrogen-bond donors (Lipinski definition) is 0. The molecule has 1 aromatic rings. The summed E-state index contributed by atoms with van der Waals surface area (Å²) in [6.45, 7) is 5.88. The van der Waals surface area contributed by atoms with Crippen LogP contribution in [0.15, 0.2) is 12.4 Å². The van der Waals surface area contributed by atoms with Gasteiger partial charge in [0.1, 0.15) is 6.61 Å². The van der Waals surface area contributed by atoms with Gasteiger partial charge in [-0.05, 0) is 6.42 Å². The Bertz CT molecular complexity index is 625. The van der Waals surface area contributed by atoms with Gasteiger partial charge >= 0.3 is 0 Å². The first-order chi connectivity index (χ1) is 11.7. The van der Waals surface area contributed by atoms with Crippen molar-refractivity contribution in [3.8, 4) is 0 Å². The Hall–Kier alpha value is -1.93. The topological polar surface area (TPSA) is 70.9 Å². The zero-order chi connectivity index (χ0) is 16.5. The van der Waals surface area contributed by atoms with E-state index in [4.69, 9.17) is 4.74 Å². The van der Waals surface area contributed by atoms with Gasteiger partial charge in [0.25, 0.3) is 0 Å². The van der Waals surface area contributed by atoms with Gasteiger partial charge in [0.05, 0.1) is 24.5 Å². The lowest BCUT2D eigenvalue weighted by atomic mass is 10.1. The third-order valence-corrected chi connectivity index (χ3v) is 5.05. The second-order valence-electron chi connectivity index (χ2n) is 6.67. The molecule has 4 heterocycles. The van der Waals surface area contributed by atoms with Crippen LogP contribution in [0.2, 0.25) is 0 Å². The first-order valence-corrected chi connectivity index (χ1v) is 8.63. The van der Waals surface area contributed by atoms with E-state index in [0.717, 1.165) is 44.8 Å². The molecule has 0 aliphatic carbocycles. The molecule has 0 saturated carbocycles. The number of rotatable bonds is 5. The van der Waals surface area contributed by atoms with E-state index in [2.05, 4.69) is 10.00 Å². The fourth-order valence-electron chi connectivity index (χ4n) is 3.53. The lowest BCUT2D eigenvalue weighted by molar-refractivity contribution is -0.143. The highest BCUT2D eigenvalue weighted by atomic mass is 16.5. The largest absolute Gasteiger partial charge is 0.370 e. The minimum Gasteiger partial charge on any atom is -0.370 e. The van der Waals surface area contributed by atoms with Crippen LogP contribution in [0.4, 0.5) is 5.69 Å². The van der Waals surface area contributed by atoms with E-state index < -0.39 is 0 Å². The molecule has 3 fully saturated rings. The molecule has 3 saturated heterocycles. The van der Waals surface area contributed by atoms with Gasteiger partial charge < -0.3 is 14.5 Å². The van der Waals surface area contributed by atoms with Gasteiger partial charge in [0, 0.05) is 51.9 Å². The molecule has 130 valence electrons. The molecule has 2 amide bonds. The highest BCUT2D eigenvalue weighted by molar-refractivity contribution is 5.95. The summed E-state index contributed by atoms with van der Waals surface area (Å²) >= 11 is 0. The summed E-state index contributed by atoms with van der Waals surface area (Å²) in [6.07, 6.45) is 5.35. The van der Waals surface area contributed by atoms with Crippen molar-refractivity contribution in [2.45, 2.75) is 18.9 Å². The zero-order valence-electron chi connectivity index (χ0n) is 13.8. The SMILES string of the molecule is O=C1COCCN1CCN1CC(n2cc(N3CCCC3=O)cn2)C1. The van der Waals surface area contributed by atoms with Crippen LogP contribution >= 0.6 is 0 Å². The second kappa shape index (κ2) is 6.52. The average Bonchev–Trinajstić information content (AvgIpc) is 3.16. The predicted octanol–water partition coefficient (Wildman–Crippen LogP) is -0.275. The number of morpholine rings is 1. The molecule has 0 spiro atoms. The lowest BCUT2D eigenvalue weighted by Crippen LogP contribution is -2.52. The molecule has 0 N–H and O–H groups in total. The maximum atomic E-state index is 11.8. The van der Waals surface area contributed by atoms with Gasteiger partial charge in [-0.2, -0.15) is 5.10 Å². The van der Waals surface area contributed by atoms with Crippen molar-refractivity contribution < 1.29 is 14.3 Å². The van der Waals surface area contributed by atoms with E-state index in [9.17, 15) is 9.59 Å². The summed E-state index contributed by atoms with van der Waals surface area (Å²) in [5.74, 6) is 0.283. The molecule has 1 aromatic heterocycles. The zero-order valence-corrected chi connectivity index (χ0v) is 13.8. The summed E-state index contributed by atoms with van der Waals surface area (Å²) in [7, 11) is 0. The van der Waals surface area contributed by atoms with Gasteiger partial charge in [-0.25, -0.2) is 0 Å². The summed E-state index contributed by atoms with van der Waals surface area (Å²) in [5.41, 5.74) is 0.912. The summed E-state index contributed by atoms with van der Waals surface area (Å²) in [6, 6.07) is 0.358. The van der Waals surface area contributed by atoms with Crippen molar-refractivity contribution in [1.82, 2.24) is 19.6 Å². The van der Waals surface area contributed by atoms with Crippen molar-refractivity contribution in [3.63, 3.8) is 0 Å². The monoisotopic (exact) mass is 333 g/mol. The van der Waals surface area contributed by atoms with Gasteiger partial charge in [0.2, 0.25) is 11.8 Å². The number of carbonyl (C=O) groups excluding carboxylic acids is 2. The van der Waals surface area contributed by atoms with E-state index in [0.29, 0.717) is 25.6 Å². The fourth-order valence-corrected chi connectivity index (χ4v) is 3.53. The molecule has 3 aliphatic heterocycles. The number of amides is 2. The number of nitrogens with zero attached hydrogens (tertiary/aromatic N) is 5. The number of likely N-dealkylation sites (tertiary alicyclic amines) is 1. The highest BCUT2D eigenvalue weighted by Gasteiger charge is 2.31. The molecule has 0 unspecified atom stereocenters. The molecule has 0 atom stereocenters. The van der Waals surface area contributed by atoms with E-state index in [1.165, 1.54) is 0 Å². The first-order valence-electron chi connectivity index (χ1n) is 8.63. The second-order valence-corrected chi connectivity index (χ2v) is 6.67. The number of carbonyl (C=O) groups is 2. The number of hydrogen-bond acceptors (Lipinski definition) is 5. The molecule has 0 bridgehead atoms. The Labute approximate surface area is 140 Å². The van der Waals surface area contributed by atoms with Gasteiger partial charge in [0.15, 0.2) is 0 Å². The Morgan fingerprint density at radius 1 is 1.17 bits per heavy atom. The molecule has 3 aliphatic rings. The van der Waals surface area contributed by atoms with Crippen molar-refractivity contribution in [2.75, 3.05) is 57.4 Å². The molecule has 0 aromatic carbocycles. The normalized spacial score (nSPS) is 23.2. The standard InChI is InChI=1S/C16H23N5O3/c22-15-2-1-3-20(15)13-8-17-21(11-13)14-9-18(10-14)4-5-19-6-7-24-12-16(19)23/h8,11,14H,1-7,9-10,12H2. The molecular formula is C16H23N5O3. The first kappa shape index (κ1) is 15.6. The Morgan fingerprint density at radius 3 is 2.79 bits per heavy atom.